The Morgan fingerprint density at radius 2 is 1.52 bits per heavy atom. The zero-order valence-electron chi connectivity index (χ0n) is 11.9. The number of imide groups is 1. The maximum Gasteiger partial charge on any atom is 0.237 e. The highest BCUT2D eigenvalue weighted by molar-refractivity contribution is 6.22. The molecule has 2 amide bonds. The van der Waals surface area contributed by atoms with E-state index in [1.165, 1.54) is 11.8 Å². The van der Waals surface area contributed by atoms with Crippen LogP contribution in [0.2, 0.25) is 0 Å². The summed E-state index contributed by atoms with van der Waals surface area (Å²) in [5.74, 6) is 0.527. The standard InChI is InChI=1S/C17H17NO3/c1-9(19)10-4-6-13(7-5-10)18-16(20)14-11-2-3-12(8-11)15(14)17(18)21/h4-7,11-12,14-15H,2-3,8H2,1H3/t11-,12-,14+,15+/m0/s1. The Morgan fingerprint density at radius 3 is 2.00 bits per heavy atom. The van der Waals surface area contributed by atoms with Crippen LogP contribution in [0.1, 0.15) is 36.5 Å². The third kappa shape index (κ3) is 1.65. The van der Waals surface area contributed by atoms with E-state index in [0.717, 1.165) is 19.3 Å². The Kier molecular flexibility index (Phi) is 2.59. The van der Waals surface area contributed by atoms with Crippen LogP contribution in [0.25, 0.3) is 0 Å². The van der Waals surface area contributed by atoms with Crippen LogP contribution in [0.15, 0.2) is 24.3 Å². The van der Waals surface area contributed by atoms with Gasteiger partial charge in [-0.3, -0.25) is 19.3 Å². The van der Waals surface area contributed by atoms with E-state index in [2.05, 4.69) is 0 Å². The van der Waals surface area contributed by atoms with Crippen LogP contribution in [0.3, 0.4) is 0 Å². The molecular formula is C17H17NO3. The van der Waals surface area contributed by atoms with Crippen molar-refractivity contribution in [2.45, 2.75) is 26.2 Å². The van der Waals surface area contributed by atoms with Crippen molar-refractivity contribution in [2.75, 3.05) is 4.90 Å². The maximum atomic E-state index is 12.6. The first-order valence-corrected chi connectivity index (χ1v) is 7.56. The second kappa shape index (κ2) is 4.26. The highest BCUT2D eigenvalue weighted by Gasteiger charge is 2.61. The van der Waals surface area contributed by atoms with E-state index >= 15 is 0 Å². The van der Waals surface area contributed by atoms with E-state index in [9.17, 15) is 14.4 Å². The number of carbonyl (C=O) groups excluding carboxylic acids is 3. The van der Waals surface area contributed by atoms with Crippen molar-refractivity contribution in [1.29, 1.82) is 0 Å². The molecule has 0 spiro atoms. The molecule has 4 nitrogen and oxygen atoms in total. The van der Waals surface area contributed by atoms with Gasteiger partial charge in [0.1, 0.15) is 0 Å². The summed E-state index contributed by atoms with van der Waals surface area (Å²) >= 11 is 0. The molecule has 1 aromatic rings. The second-order valence-corrected chi connectivity index (χ2v) is 6.50. The van der Waals surface area contributed by atoms with Gasteiger partial charge in [-0.1, -0.05) is 0 Å². The van der Waals surface area contributed by atoms with Crippen LogP contribution < -0.4 is 4.90 Å². The van der Waals surface area contributed by atoms with Gasteiger partial charge in [0.15, 0.2) is 5.78 Å². The first-order valence-electron chi connectivity index (χ1n) is 7.56. The van der Waals surface area contributed by atoms with Gasteiger partial charge in [-0.25, -0.2) is 0 Å². The summed E-state index contributed by atoms with van der Waals surface area (Å²) in [6.07, 6.45) is 3.22. The van der Waals surface area contributed by atoms with Gasteiger partial charge in [0.2, 0.25) is 11.8 Å². The predicted molar refractivity (Wildman–Crippen MR) is 76.8 cm³/mol. The third-order valence-electron chi connectivity index (χ3n) is 5.46. The number of carbonyl (C=O) groups is 3. The predicted octanol–water partition coefficient (Wildman–Crippen LogP) is 2.42. The molecule has 4 atom stereocenters. The zero-order valence-corrected chi connectivity index (χ0v) is 11.9. The number of nitrogens with zero attached hydrogens (tertiary/aromatic N) is 1. The Hall–Kier alpha value is -1.97. The van der Waals surface area contributed by atoms with E-state index in [0.29, 0.717) is 23.1 Å². The lowest BCUT2D eigenvalue weighted by atomic mass is 9.81. The highest BCUT2D eigenvalue weighted by atomic mass is 16.2. The fourth-order valence-electron chi connectivity index (χ4n) is 4.51. The summed E-state index contributed by atoms with van der Waals surface area (Å²) in [6.45, 7) is 1.50. The van der Waals surface area contributed by atoms with Crippen molar-refractivity contribution in [3.05, 3.63) is 29.8 Å². The van der Waals surface area contributed by atoms with E-state index in [4.69, 9.17) is 0 Å². The molecule has 1 aliphatic heterocycles. The number of amides is 2. The normalized spacial score (nSPS) is 33.7. The van der Waals surface area contributed by atoms with Crippen molar-refractivity contribution < 1.29 is 14.4 Å². The minimum atomic E-state index is -0.0938. The lowest BCUT2D eigenvalue weighted by Gasteiger charge is -2.19. The minimum absolute atomic E-state index is 0.0180. The number of hydrogen-bond donors (Lipinski definition) is 0. The monoisotopic (exact) mass is 283 g/mol. The topological polar surface area (TPSA) is 54.5 Å². The van der Waals surface area contributed by atoms with Gasteiger partial charge in [0, 0.05) is 5.56 Å². The molecule has 1 heterocycles. The summed E-state index contributed by atoms with van der Waals surface area (Å²) in [5, 5.41) is 0. The molecule has 0 unspecified atom stereocenters. The van der Waals surface area contributed by atoms with E-state index in [1.54, 1.807) is 24.3 Å². The fourth-order valence-corrected chi connectivity index (χ4v) is 4.51. The van der Waals surface area contributed by atoms with Gasteiger partial charge in [-0.05, 0) is 62.3 Å². The summed E-state index contributed by atoms with van der Waals surface area (Å²) in [5.41, 5.74) is 1.20. The average molecular weight is 283 g/mol. The van der Waals surface area contributed by atoms with Gasteiger partial charge in [0.25, 0.3) is 0 Å². The van der Waals surface area contributed by atoms with Gasteiger partial charge < -0.3 is 0 Å². The summed E-state index contributed by atoms with van der Waals surface area (Å²) in [4.78, 5) is 38.0. The summed E-state index contributed by atoms with van der Waals surface area (Å²) in [7, 11) is 0. The fraction of sp³-hybridized carbons (Fsp3) is 0.471. The molecule has 4 rings (SSSR count). The number of rotatable bonds is 2. The first kappa shape index (κ1) is 12.7. The SMILES string of the molecule is CC(=O)c1ccc(N2C(=O)[C@@H]3[C@H]4CC[C@@H](C4)[C@H]3C2=O)cc1. The van der Waals surface area contributed by atoms with Crippen molar-refractivity contribution in [3.63, 3.8) is 0 Å². The highest BCUT2D eigenvalue weighted by Crippen LogP contribution is 2.56. The smallest absolute Gasteiger partial charge is 0.237 e. The second-order valence-electron chi connectivity index (χ2n) is 6.50. The molecule has 21 heavy (non-hydrogen) atoms. The molecule has 3 fully saturated rings. The maximum absolute atomic E-state index is 12.6. The number of Topliss-reactive ketones (excluding diaryl/α,β-unsaturated/α-hetero) is 1. The van der Waals surface area contributed by atoms with E-state index in [-0.39, 0.29) is 29.4 Å². The zero-order chi connectivity index (χ0) is 14.7. The largest absolute Gasteiger partial charge is 0.295 e. The van der Waals surface area contributed by atoms with Crippen molar-refractivity contribution >= 4 is 23.3 Å². The van der Waals surface area contributed by atoms with Gasteiger partial charge in [-0.15, -0.1) is 0 Å². The van der Waals surface area contributed by atoms with E-state index < -0.39 is 0 Å². The van der Waals surface area contributed by atoms with Gasteiger partial charge >= 0.3 is 0 Å². The third-order valence-corrected chi connectivity index (χ3v) is 5.46. The van der Waals surface area contributed by atoms with Crippen LogP contribution in [0.4, 0.5) is 5.69 Å². The summed E-state index contributed by atoms with van der Waals surface area (Å²) in [6, 6.07) is 6.77. The molecule has 3 aliphatic rings. The molecular weight excluding hydrogens is 266 g/mol. The van der Waals surface area contributed by atoms with Crippen molar-refractivity contribution in [2.24, 2.45) is 23.7 Å². The summed E-state index contributed by atoms with van der Waals surface area (Å²) < 4.78 is 0. The molecule has 1 aromatic carbocycles. The number of ketones is 1. The Labute approximate surface area is 123 Å². The molecule has 1 saturated heterocycles. The molecule has 2 bridgehead atoms. The molecule has 0 N–H and O–H groups in total. The molecule has 4 heteroatoms. The van der Waals surface area contributed by atoms with Crippen LogP contribution in [0.5, 0.6) is 0 Å². The number of benzene rings is 1. The number of fused-ring (bicyclic) bond motifs is 5. The lowest BCUT2D eigenvalue weighted by Crippen LogP contribution is -2.32. The van der Waals surface area contributed by atoms with Crippen molar-refractivity contribution in [1.82, 2.24) is 0 Å². The van der Waals surface area contributed by atoms with Gasteiger partial charge in [0.05, 0.1) is 17.5 Å². The molecule has 0 aromatic heterocycles. The average Bonchev–Trinajstić information content (AvgIpc) is 3.13. The Bertz CT molecular complexity index is 621. The molecule has 0 radical (unpaired) electrons. The van der Waals surface area contributed by atoms with Crippen LogP contribution >= 0.6 is 0 Å². The van der Waals surface area contributed by atoms with Gasteiger partial charge in [-0.2, -0.15) is 0 Å². The number of hydrogen-bond acceptors (Lipinski definition) is 3. The Morgan fingerprint density at radius 1 is 1.00 bits per heavy atom. The first-order chi connectivity index (χ1) is 10.1. The molecule has 108 valence electrons. The van der Waals surface area contributed by atoms with Crippen LogP contribution in [0, 0.1) is 23.7 Å². The quantitative estimate of drug-likeness (QED) is 0.618. The van der Waals surface area contributed by atoms with Crippen LogP contribution in [-0.4, -0.2) is 17.6 Å². The Balaban J connectivity index is 1.68. The lowest BCUT2D eigenvalue weighted by molar-refractivity contribution is -0.123. The minimum Gasteiger partial charge on any atom is -0.295 e. The molecule has 2 saturated carbocycles. The van der Waals surface area contributed by atoms with E-state index in [1.807, 2.05) is 0 Å². The van der Waals surface area contributed by atoms with Crippen molar-refractivity contribution in [3.8, 4) is 0 Å². The number of anilines is 1. The molecule has 2 aliphatic carbocycles. The van der Waals surface area contributed by atoms with Crippen LogP contribution in [-0.2, 0) is 9.59 Å².